The molecule has 26 heavy (non-hydrogen) atoms. The SMILES string of the molecule is COc1cc(-c2n[nH]c(=S)n2-c2cccc3ccccc23)c(O)cc1O. The highest BCUT2D eigenvalue weighted by Gasteiger charge is 2.18. The van der Waals surface area contributed by atoms with Gasteiger partial charge in [-0.2, -0.15) is 5.10 Å². The van der Waals surface area contributed by atoms with Crippen LogP contribution in [0.4, 0.5) is 0 Å². The van der Waals surface area contributed by atoms with Crippen molar-refractivity contribution in [3.05, 3.63) is 59.4 Å². The highest BCUT2D eigenvalue weighted by atomic mass is 32.1. The van der Waals surface area contributed by atoms with E-state index in [0.717, 1.165) is 16.5 Å². The number of phenolic OH excluding ortho intramolecular Hbond substituents is 2. The molecule has 1 heterocycles. The summed E-state index contributed by atoms with van der Waals surface area (Å²) in [6.45, 7) is 0. The third-order valence-electron chi connectivity index (χ3n) is 4.22. The first kappa shape index (κ1) is 16.2. The lowest BCUT2D eigenvalue weighted by Gasteiger charge is -2.12. The Kier molecular flexibility index (Phi) is 3.85. The lowest BCUT2D eigenvalue weighted by atomic mass is 10.1. The van der Waals surface area contributed by atoms with Crippen LogP contribution in [0.15, 0.2) is 54.6 Å². The van der Waals surface area contributed by atoms with E-state index < -0.39 is 0 Å². The first-order chi connectivity index (χ1) is 12.6. The number of hydrogen-bond acceptors (Lipinski definition) is 5. The maximum atomic E-state index is 10.3. The Balaban J connectivity index is 2.02. The Morgan fingerprint density at radius 2 is 1.81 bits per heavy atom. The van der Waals surface area contributed by atoms with Gasteiger partial charge in [-0.1, -0.05) is 36.4 Å². The summed E-state index contributed by atoms with van der Waals surface area (Å²) in [5.41, 5.74) is 1.23. The number of ether oxygens (including phenoxy) is 1. The number of hydrogen-bond donors (Lipinski definition) is 3. The molecule has 7 heteroatoms. The van der Waals surface area contributed by atoms with Crippen molar-refractivity contribution in [1.29, 1.82) is 0 Å². The molecule has 0 saturated carbocycles. The highest BCUT2D eigenvalue weighted by Crippen LogP contribution is 2.39. The number of aromatic hydroxyl groups is 2. The van der Waals surface area contributed by atoms with Crippen LogP contribution in [0.2, 0.25) is 0 Å². The molecule has 0 aliphatic heterocycles. The molecule has 130 valence electrons. The van der Waals surface area contributed by atoms with Crippen molar-refractivity contribution in [2.24, 2.45) is 0 Å². The quantitative estimate of drug-likeness (QED) is 0.475. The average molecular weight is 365 g/mol. The molecule has 3 N–H and O–H groups in total. The maximum Gasteiger partial charge on any atom is 0.200 e. The minimum absolute atomic E-state index is 0.126. The largest absolute Gasteiger partial charge is 0.507 e. The standard InChI is InChI=1S/C19H15N3O3S/c1-25-17-9-13(15(23)10-16(17)24)18-20-21-19(26)22(18)14-8-4-6-11-5-2-3-7-12(11)14/h2-10,23-24H,1H3,(H,21,26). The zero-order valence-electron chi connectivity index (χ0n) is 13.8. The van der Waals surface area contributed by atoms with Crippen LogP contribution in [0.5, 0.6) is 17.2 Å². The van der Waals surface area contributed by atoms with Crippen molar-refractivity contribution in [2.45, 2.75) is 0 Å². The Morgan fingerprint density at radius 3 is 2.62 bits per heavy atom. The van der Waals surface area contributed by atoms with Crippen LogP contribution in [0.25, 0.3) is 27.8 Å². The van der Waals surface area contributed by atoms with Gasteiger partial charge in [0.05, 0.1) is 18.4 Å². The summed E-state index contributed by atoms with van der Waals surface area (Å²) in [7, 11) is 1.44. The van der Waals surface area contributed by atoms with Gasteiger partial charge in [0.15, 0.2) is 22.1 Å². The van der Waals surface area contributed by atoms with Gasteiger partial charge in [0.25, 0.3) is 0 Å². The van der Waals surface area contributed by atoms with Crippen molar-refractivity contribution in [2.75, 3.05) is 7.11 Å². The van der Waals surface area contributed by atoms with E-state index in [2.05, 4.69) is 10.2 Å². The van der Waals surface area contributed by atoms with Gasteiger partial charge in [-0.3, -0.25) is 9.67 Å². The molecule has 0 atom stereocenters. The van der Waals surface area contributed by atoms with Crippen LogP contribution in [0, 0.1) is 4.77 Å². The number of H-pyrrole nitrogens is 1. The van der Waals surface area contributed by atoms with Crippen LogP contribution in [-0.2, 0) is 0 Å². The fraction of sp³-hybridized carbons (Fsp3) is 0.0526. The zero-order valence-corrected chi connectivity index (χ0v) is 14.6. The van der Waals surface area contributed by atoms with E-state index in [1.54, 1.807) is 4.57 Å². The first-order valence-electron chi connectivity index (χ1n) is 7.86. The molecule has 0 aliphatic rings. The zero-order chi connectivity index (χ0) is 18.3. The van der Waals surface area contributed by atoms with Crippen molar-refractivity contribution >= 4 is 23.0 Å². The summed E-state index contributed by atoms with van der Waals surface area (Å²) in [4.78, 5) is 0. The molecule has 0 amide bonds. The second-order valence-electron chi connectivity index (χ2n) is 5.73. The smallest absolute Gasteiger partial charge is 0.200 e. The van der Waals surface area contributed by atoms with Crippen molar-refractivity contribution < 1.29 is 14.9 Å². The average Bonchev–Trinajstić information content (AvgIpc) is 3.02. The van der Waals surface area contributed by atoms with E-state index in [9.17, 15) is 10.2 Å². The number of aromatic nitrogens is 3. The molecule has 6 nitrogen and oxygen atoms in total. The molecule has 0 spiro atoms. The van der Waals surface area contributed by atoms with E-state index in [4.69, 9.17) is 17.0 Å². The van der Waals surface area contributed by atoms with Crippen LogP contribution in [-0.4, -0.2) is 32.1 Å². The van der Waals surface area contributed by atoms with Gasteiger partial charge in [0, 0.05) is 11.5 Å². The fourth-order valence-electron chi connectivity index (χ4n) is 3.00. The van der Waals surface area contributed by atoms with Gasteiger partial charge in [0.1, 0.15) is 5.75 Å². The summed E-state index contributed by atoms with van der Waals surface area (Å²) in [6.07, 6.45) is 0. The molecule has 1 aromatic heterocycles. The minimum atomic E-state index is -0.153. The molecule has 0 unspecified atom stereocenters. The van der Waals surface area contributed by atoms with Gasteiger partial charge >= 0.3 is 0 Å². The van der Waals surface area contributed by atoms with E-state index >= 15 is 0 Å². The number of rotatable bonds is 3. The lowest BCUT2D eigenvalue weighted by molar-refractivity contribution is 0.370. The summed E-state index contributed by atoms with van der Waals surface area (Å²) in [5.74, 6) is 0.372. The van der Waals surface area contributed by atoms with Gasteiger partial charge < -0.3 is 14.9 Å². The molecular weight excluding hydrogens is 350 g/mol. The minimum Gasteiger partial charge on any atom is -0.507 e. The van der Waals surface area contributed by atoms with Crippen molar-refractivity contribution in [3.63, 3.8) is 0 Å². The Morgan fingerprint density at radius 1 is 1.04 bits per heavy atom. The van der Waals surface area contributed by atoms with Crippen LogP contribution < -0.4 is 4.74 Å². The fourth-order valence-corrected chi connectivity index (χ4v) is 3.23. The second kappa shape index (κ2) is 6.20. The normalized spacial score (nSPS) is 11.0. The number of nitrogens with one attached hydrogen (secondary N) is 1. The molecule has 0 fully saturated rings. The number of fused-ring (bicyclic) bond motifs is 1. The monoisotopic (exact) mass is 365 g/mol. The topological polar surface area (TPSA) is 83.3 Å². The molecule has 3 aromatic carbocycles. The van der Waals surface area contributed by atoms with Crippen LogP contribution >= 0.6 is 12.2 Å². The molecule has 4 rings (SSSR count). The number of benzene rings is 3. The molecular formula is C19H15N3O3S. The van der Waals surface area contributed by atoms with E-state index in [1.807, 2.05) is 42.5 Å². The molecule has 0 bridgehead atoms. The summed E-state index contributed by atoms with van der Waals surface area (Å²) in [5, 5.41) is 29.3. The first-order valence-corrected chi connectivity index (χ1v) is 8.27. The number of aromatic amines is 1. The predicted molar refractivity (Wildman–Crippen MR) is 102 cm³/mol. The van der Waals surface area contributed by atoms with Gasteiger partial charge in [-0.25, -0.2) is 0 Å². The number of nitrogens with zero attached hydrogens (tertiary/aromatic N) is 2. The van der Waals surface area contributed by atoms with Crippen molar-refractivity contribution in [1.82, 2.24) is 14.8 Å². The number of phenols is 2. The second-order valence-corrected chi connectivity index (χ2v) is 6.11. The molecule has 0 radical (unpaired) electrons. The van der Waals surface area contributed by atoms with Gasteiger partial charge in [-0.15, -0.1) is 0 Å². The van der Waals surface area contributed by atoms with Crippen molar-refractivity contribution in [3.8, 4) is 34.3 Å². The Labute approximate surface area is 153 Å². The lowest BCUT2D eigenvalue weighted by Crippen LogP contribution is -1.99. The van der Waals surface area contributed by atoms with E-state index in [1.165, 1.54) is 19.2 Å². The number of methoxy groups -OCH3 is 1. The van der Waals surface area contributed by atoms with Crippen LogP contribution in [0.3, 0.4) is 0 Å². The van der Waals surface area contributed by atoms with E-state index in [0.29, 0.717) is 16.2 Å². The highest BCUT2D eigenvalue weighted by molar-refractivity contribution is 7.71. The molecule has 0 saturated heterocycles. The predicted octanol–water partition coefficient (Wildman–Crippen LogP) is 4.17. The Bertz CT molecular complexity index is 1180. The maximum absolute atomic E-state index is 10.3. The van der Waals surface area contributed by atoms with E-state index in [-0.39, 0.29) is 17.2 Å². The summed E-state index contributed by atoms with van der Waals surface area (Å²) in [6, 6.07) is 16.6. The van der Waals surface area contributed by atoms with Crippen LogP contribution in [0.1, 0.15) is 0 Å². The molecule has 0 aliphatic carbocycles. The third-order valence-corrected chi connectivity index (χ3v) is 4.49. The Hall–Kier alpha value is -3.32. The summed E-state index contributed by atoms with van der Waals surface area (Å²) >= 11 is 5.43. The molecule has 4 aromatic rings. The van der Waals surface area contributed by atoms with Gasteiger partial charge in [-0.05, 0) is 29.7 Å². The summed E-state index contributed by atoms with van der Waals surface area (Å²) < 4.78 is 7.30. The third kappa shape index (κ3) is 2.49. The van der Waals surface area contributed by atoms with Gasteiger partial charge in [0.2, 0.25) is 0 Å².